The highest BCUT2D eigenvalue weighted by Gasteiger charge is 2.20. The molecule has 1 aromatic carbocycles. The molecule has 0 fully saturated rings. The molecule has 1 aliphatic rings. The fraction of sp³-hybridized carbons (Fsp3) is 0.250. The zero-order chi connectivity index (χ0) is 14.9. The molecule has 3 heterocycles. The predicted octanol–water partition coefficient (Wildman–Crippen LogP) is 2.27. The maximum atomic E-state index is 5.41. The van der Waals surface area contributed by atoms with Crippen LogP contribution in [0, 0.1) is 4.77 Å². The first-order valence-corrected chi connectivity index (χ1v) is 8.69. The summed E-state index contributed by atoms with van der Waals surface area (Å²) in [5, 5.41) is 5.40. The molecule has 0 aliphatic carbocycles. The van der Waals surface area contributed by atoms with Gasteiger partial charge in [-0.25, -0.2) is 4.68 Å². The molecule has 1 aliphatic heterocycles. The van der Waals surface area contributed by atoms with Gasteiger partial charge in [-0.2, -0.15) is 4.98 Å². The lowest BCUT2D eigenvalue weighted by Gasteiger charge is -2.25. The molecule has 4 nitrogen and oxygen atoms in total. The van der Waals surface area contributed by atoms with Gasteiger partial charge >= 0.3 is 0 Å². The monoisotopic (exact) mass is 329 g/mol. The van der Waals surface area contributed by atoms with Crippen LogP contribution in [0.15, 0.2) is 41.8 Å². The minimum Gasteiger partial charge on any atom is -0.312 e. The Hall–Kier alpha value is -1.76. The van der Waals surface area contributed by atoms with Crippen LogP contribution >= 0.6 is 23.6 Å². The minimum atomic E-state index is 0.634. The lowest BCUT2D eigenvalue weighted by Crippen LogP contribution is -3.11. The predicted molar refractivity (Wildman–Crippen MR) is 90.4 cm³/mol. The molecular weight excluding hydrogens is 312 g/mol. The third-order valence-electron chi connectivity index (χ3n) is 4.12. The molecule has 2 aromatic heterocycles. The van der Waals surface area contributed by atoms with E-state index in [0.29, 0.717) is 4.77 Å². The molecule has 1 unspecified atom stereocenters. The smallest absolute Gasteiger partial charge is 0.221 e. The van der Waals surface area contributed by atoms with Crippen molar-refractivity contribution in [3.05, 3.63) is 57.7 Å². The Morgan fingerprint density at radius 1 is 1.23 bits per heavy atom. The summed E-state index contributed by atoms with van der Waals surface area (Å²) in [4.78, 5) is 7.12. The number of rotatable bonds is 3. The van der Waals surface area contributed by atoms with Crippen LogP contribution in [0.2, 0.25) is 0 Å². The van der Waals surface area contributed by atoms with Gasteiger partial charge in [0.1, 0.15) is 6.54 Å². The third-order valence-corrected chi connectivity index (χ3v) is 5.31. The average molecular weight is 329 g/mol. The normalized spacial score (nSPS) is 17.4. The topological polar surface area (TPSA) is 38.0 Å². The Labute approximate surface area is 138 Å². The molecule has 2 N–H and O–H groups in total. The molecule has 3 aromatic rings. The molecule has 0 saturated carbocycles. The first kappa shape index (κ1) is 13.9. The van der Waals surface area contributed by atoms with Crippen LogP contribution in [-0.4, -0.2) is 21.3 Å². The Balaban J connectivity index is 1.54. The van der Waals surface area contributed by atoms with Crippen molar-refractivity contribution in [2.24, 2.45) is 0 Å². The Morgan fingerprint density at radius 3 is 2.91 bits per heavy atom. The van der Waals surface area contributed by atoms with E-state index in [1.807, 2.05) is 10.7 Å². The van der Waals surface area contributed by atoms with Crippen LogP contribution in [0.4, 0.5) is 0 Å². The fourth-order valence-corrected chi connectivity index (χ4v) is 3.85. The number of nitrogens with one attached hydrogen (secondary N) is 2. The third kappa shape index (κ3) is 2.65. The number of nitrogens with zero attached hydrogens (tertiary/aromatic N) is 2. The highest BCUT2D eigenvalue weighted by molar-refractivity contribution is 7.71. The number of thiophene rings is 1. The molecule has 0 saturated heterocycles. The summed E-state index contributed by atoms with van der Waals surface area (Å²) in [7, 11) is 0. The van der Waals surface area contributed by atoms with Gasteiger partial charge in [0.05, 0.1) is 11.4 Å². The van der Waals surface area contributed by atoms with Crippen LogP contribution in [0.25, 0.3) is 10.7 Å². The lowest BCUT2D eigenvalue weighted by molar-refractivity contribution is -0.939. The average Bonchev–Trinajstić information content (AvgIpc) is 3.18. The van der Waals surface area contributed by atoms with Crippen molar-refractivity contribution in [1.82, 2.24) is 14.8 Å². The number of hydrogen-bond donors (Lipinski definition) is 2. The molecule has 0 bridgehead atoms. The number of quaternary nitrogens is 1. The summed E-state index contributed by atoms with van der Waals surface area (Å²) in [6.45, 7) is 3.02. The summed E-state index contributed by atoms with van der Waals surface area (Å²) in [5.74, 6) is 0.872. The molecular formula is C16H17N4S2+. The second kappa shape index (κ2) is 5.79. The van der Waals surface area contributed by atoms with Crippen molar-refractivity contribution < 1.29 is 4.90 Å². The van der Waals surface area contributed by atoms with E-state index < -0.39 is 0 Å². The van der Waals surface area contributed by atoms with Crippen LogP contribution in [0.1, 0.15) is 11.1 Å². The van der Waals surface area contributed by atoms with Gasteiger partial charge in [0.25, 0.3) is 0 Å². The highest BCUT2D eigenvalue weighted by Crippen LogP contribution is 2.20. The number of aromatic amines is 1. The largest absolute Gasteiger partial charge is 0.312 e. The van der Waals surface area contributed by atoms with Crippen molar-refractivity contribution in [3.63, 3.8) is 0 Å². The number of benzene rings is 1. The quantitative estimate of drug-likeness (QED) is 0.724. The van der Waals surface area contributed by atoms with E-state index in [-0.39, 0.29) is 0 Å². The first-order valence-electron chi connectivity index (χ1n) is 7.41. The number of H-pyrrole nitrogens is 1. The van der Waals surface area contributed by atoms with Gasteiger partial charge in [0, 0.05) is 12.0 Å². The summed E-state index contributed by atoms with van der Waals surface area (Å²) >= 11 is 7.08. The van der Waals surface area contributed by atoms with Crippen molar-refractivity contribution >= 4 is 23.6 Å². The second-order valence-electron chi connectivity index (χ2n) is 5.61. The first-order chi connectivity index (χ1) is 10.8. The molecule has 112 valence electrons. The molecule has 4 rings (SSSR count). The van der Waals surface area contributed by atoms with E-state index in [1.54, 1.807) is 11.3 Å². The van der Waals surface area contributed by atoms with Gasteiger partial charge in [-0.15, -0.1) is 11.3 Å². The van der Waals surface area contributed by atoms with Crippen molar-refractivity contribution in [1.29, 1.82) is 0 Å². The molecule has 0 amide bonds. The lowest BCUT2D eigenvalue weighted by atomic mass is 10.0. The second-order valence-corrected chi connectivity index (χ2v) is 6.93. The van der Waals surface area contributed by atoms with Crippen molar-refractivity contribution in [2.45, 2.75) is 19.6 Å². The van der Waals surface area contributed by atoms with Gasteiger partial charge in [-0.3, -0.25) is 5.10 Å². The molecule has 1 atom stereocenters. The SMILES string of the molecule is S=c1nc(-c2cccs2)[nH]n1C[NH+]1CCc2ccccc2C1. The number of hydrogen-bond acceptors (Lipinski definition) is 3. The molecule has 0 radical (unpaired) electrons. The zero-order valence-corrected chi connectivity index (χ0v) is 13.7. The van der Waals surface area contributed by atoms with Crippen molar-refractivity contribution in [2.75, 3.05) is 6.54 Å². The highest BCUT2D eigenvalue weighted by atomic mass is 32.1. The Bertz CT molecular complexity index is 832. The molecule has 0 spiro atoms. The molecule has 22 heavy (non-hydrogen) atoms. The summed E-state index contributed by atoms with van der Waals surface area (Å²) < 4.78 is 2.63. The van der Waals surface area contributed by atoms with Gasteiger partial charge in [-0.05, 0) is 29.2 Å². The fourth-order valence-electron chi connectivity index (χ4n) is 2.99. The van der Waals surface area contributed by atoms with Crippen LogP contribution in [0.3, 0.4) is 0 Å². The number of fused-ring (bicyclic) bond motifs is 1. The standard InChI is InChI=1S/C16H16N4S2/c21-16-17-15(14-6-3-9-22-14)18-20(16)11-19-8-7-12-4-1-2-5-13(12)10-19/h1-6,9H,7-8,10-11H2,(H,17,18,21)/p+1. The summed E-state index contributed by atoms with van der Waals surface area (Å²) in [5.41, 5.74) is 2.94. The maximum absolute atomic E-state index is 5.41. The molecule has 6 heteroatoms. The van der Waals surface area contributed by atoms with E-state index in [9.17, 15) is 0 Å². The van der Waals surface area contributed by atoms with Crippen molar-refractivity contribution in [3.8, 4) is 10.7 Å². The van der Waals surface area contributed by atoms with E-state index >= 15 is 0 Å². The number of aromatic nitrogens is 3. The summed E-state index contributed by atoms with van der Waals surface area (Å²) in [6.07, 6.45) is 1.13. The minimum absolute atomic E-state index is 0.634. The van der Waals surface area contributed by atoms with Gasteiger partial charge in [0.15, 0.2) is 12.5 Å². The van der Waals surface area contributed by atoms with Gasteiger partial charge in [-0.1, -0.05) is 30.3 Å². The van der Waals surface area contributed by atoms with Gasteiger partial charge < -0.3 is 4.90 Å². The zero-order valence-electron chi connectivity index (χ0n) is 12.1. The van der Waals surface area contributed by atoms with Crippen LogP contribution in [0.5, 0.6) is 0 Å². The van der Waals surface area contributed by atoms with Crippen LogP contribution < -0.4 is 4.90 Å². The Morgan fingerprint density at radius 2 is 2.09 bits per heavy atom. The van der Waals surface area contributed by atoms with E-state index in [1.165, 1.54) is 16.0 Å². The van der Waals surface area contributed by atoms with E-state index in [0.717, 1.165) is 36.9 Å². The Kier molecular flexibility index (Phi) is 3.65. The van der Waals surface area contributed by atoms with E-state index in [2.05, 4.69) is 45.8 Å². The van der Waals surface area contributed by atoms with Crippen LogP contribution in [-0.2, 0) is 19.6 Å². The summed E-state index contributed by atoms with van der Waals surface area (Å²) in [6, 6.07) is 12.8. The maximum Gasteiger partial charge on any atom is 0.221 e. The van der Waals surface area contributed by atoms with E-state index in [4.69, 9.17) is 12.2 Å². The van der Waals surface area contributed by atoms with Gasteiger partial charge in [0.2, 0.25) is 4.77 Å².